The van der Waals surface area contributed by atoms with E-state index in [1.807, 2.05) is 4.90 Å². The summed E-state index contributed by atoms with van der Waals surface area (Å²) >= 11 is 0. The molecule has 1 amide bonds. The van der Waals surface area contributed by atoms with Gasteiger partial charge in [0.15, 0.2) is 0 Å². The Hall–Kier alpha value is -2.11. The summed E-state index contributed by atoms with van der Waals surface area (Å²) in [4.78, 5) is 23.3. The van der Waals surface area contributed by atoms with Crippen LogP contribution < -0.4 is 10.6 Å². The zero-order valence-electron chi connectivity index (χ0n) is 10.5. The van der Waals surface area contributed by atoms with Crippen LogP contribution in [0.3, 0.4) is 0 Å². The lowest BCUT2D eigenvalue weighted by Gasteiger charge is -2.18. The fourth-order valence-electron chi connectivity index (χ4n) is 1.66. The van der Waals surface area contributed by atoms with E-state index in [1.54, 1.807) is 13.1 Å². The number of amides is 1. The summed E-state index contributed by atoms with van der Waals surface area (Å²) < 4.78 is 0. The normalized spacial score (nSPS) is 10.1. The number of hydrogen-bond donors (Lipinski definition) is 1. The fourth-order valence-corrected chi connectivity index (χ4v) is 1.66. The number of carbonyl (C=O) groups is 1. The Kier molecular flexibility index (Phi) is 4.65. The van der Waals surface area contributed by atoms with Crippen molar-refractivity contribution in [2.45, 2.75) is 19.8 Å². The lowest BCUT2D eigenvalue weighted by atomic mass is 10.1. The zero-order valence-corrected chi connectivity index (χ0v) is 10.5. The first-order valence-electron chi connectivity index (χ1n) is 5.76. The third kappa shape index (κ3) is 3.19. The van der Waals surface area contributed by atoms with E-state index in [1.165, 1.54) is 12.1 Å². The number of nitro benzene ring substituents is 1. The number of anilines is 1. The summed E-state index contributed by atoms with van der Waals surface area (Å²) in [6.45, 7) is 2.78. The Morgan fingerprint density at radius 3 is 2.67 bits per heavy atom. The second kappa shape index (κ2) is 6.00. The van der Waals surface area contributed by atoms with Crippen LogP contribution in [0.4, 0.5) is 11.4 Å². The van der Waals surface area contributed by atoms with Gasteiger partial charge in [0.05, 0.1) is 4.92 Å². The largest absolute Gasteiger partial charge is 0.369 e. The Bertz CT molecular complexity index is 460. The van der Waals surface area contributed by atoms with Gasteiger partial charge in [0.25, 0.3) is 5.69 Å². The van der Waals surface area contributed by atoms with E-state index in [0.29, 0.717) is 5.69 Å². The van der Waals surface area contributed by atoms with Gasteiger partial charge in [-0.25, -0.2) is 0 Å². The van der Waals surface area contributed by atoms with Gasteiger partial charge in [-0.05, 0) is 18.6 Å². The SMILES string of the molecule is CCCCN(C)c1ccc(C(N)=O)cc1[N+](=O)[O-]. The summed E-state index contributed by atoms with van der Waals surface area (Å²) in [6, 6.07) is 4.29. The van der Waals surface area contributed by atoms with Crippen LogP contribution in [0.25, 0.3) is 0 Å². The van der Waals surface area contributed by atoms with Gasteiger partial charge in [0, 0.05) is 25.2 Å². The second-order valence-electron chi connectivity index (χ2n) is 4.10. The van der Waals surface area contributed by atoms with Crippen molar-refractivity contribution in [3.05, 3.63) is 33.9 Å². The molecule has 0 saturated carbocycles. The van der Waals surface area contributed by atoms with E-state index < -0.39 is 10.8 Å². The number of unbranched alkanes of at least 4 members (excludes halogenated alkanes) is 1. The molecule has 0 spiro atoms. The molecule has 0 aliphatic heterocycles. The van der Waals surface area contributed by atoms with E-state index in [4.69, 9.17) is 5.73 Å². The third-order valence-electron chi connectivity index (χ3n) is 2.71. The van der Waals surface area contributed by atoms with E-state index in [9.17, 15) is 14.9 Å². The molecule has 0 radical (unpaired) electrons. The molecule has 0 atom stereocenters. The first-order valence-corrected chi connectivity index (χ1v) is 5.76. The lowest BCUT2D eigenvalue weighted by molar-refractivity contribution is -0.384. The zero-order chi connectivity index (χ0) is 13.7. The van der Waals surface area contributed by atoms with Gasteiger partial charge in [-0.1, -0.05) is 13.3 Å². The minimum absolute atomic E-state index is 0.0927. The van der Waals surface area contributed by atoms with Crippen molar-refractivity contribution in [1.29, 1.82) is 0 Å². The summed E-state index contributed by atoms with van der Waals surface area (Å²) in [6.07, 6.45) is 1.96. The number of nitro groups is 1. The van der Waals surface area contributed by atoms with Gasteiger partial charge in [0.2, 0.25) is 5.91 Å². The van der Waals surface area contributed by atoms with Gasteiger partial charge in [-0.15, -0.1) is 0 Å². The molecule has 0 heterocycles. The maximum absolute atomic E-state index is 11.0. The molecule has 0 saturated heterocycles. The highest BCUT2D eigenvalue weighted by Gasteiger charge is 2.18. The molecular weight excluding hydrogens is 234 g/mol. The molecule has 0 aliphatic carbocycles. The van der Waals surface area contributed by atoms with E-state index in [2.05, 4.69) is 6.92 Å². The van der Waals surface area contributed by atoms with Gasteiger partial charge < -0.3 is 10.6 Å². The molecule has 0 bridgehead atoms. The molecule has 0 fully saturated rings. The summed E-state index contributed by atoms with van der Waals surface area (Å²) in [5, 5.41) is 11.0. The summed E-state index contributed by atoms with van der Waals surface area (Å²) in [5.41, 5.74) is 5.67. The van der Waals surface area contributed by atoms with Crippen LogP contribution >= 0.6 is 0 Å². The van der Waals surface area contributed by atoms with Crippen LogP contribution in [-0.4, -0.2) is 24.4 Å². The number of hydrogen-bond acceptors (Lipinski definition) is 4. The number of benzene rings is 1. The molecule has 1 aromatic carbocycles. The van der Waals surface area contributed by atoms with Crippen LogP contribution in [0.15, 0.2) is 18.2 Å². The van der Waals surface area contributed by atoms with Gasteiger partial charge >= 0.3 is 0 Å². The number of rotatable bonds is 6. The van der Waals surface area contributed by atoms with Crippen molar-refractivity contribution in [1.82, 2.24) is 0 Å². The van der Waals surface area contributed by atoms with Crippen LogP contribution in [-0.2, 0) is 0 Å². The van der Waals surface area contributed by atoms with Crippen molar-refractivity contribution in [3.8, 4) is 0 Å². The molecule has 0 unspecified atom stereocenters. The summed E-state index contributed by atoms with van der Waals surface area (Å²) in [7, 11) is 1.79. The number of carbonyl (C=O) groups excluding carboxylic acids is 1. The molecule has 2 N–H and O–H groups in total. The van der Waals surface area contributed by atoms with E-state index >= 15 is 0 Å². The first-order chi connectivity index (χ1) is 8.47. The number of primary amides is 1. The predicted octanol–water partition coefficient (Wildman–Crippen LogP) is 1.93. The maximum atomic E-state index is 11.0. The predicted molar refractivity (Wildman–Crippen MR) is 69.8 cm³/mol. The molecule has 6 heteroatoms. The van der Waals surface area contributed by atoms with Crippen molar-refractivity contribution in [2.24, 2.45) is 5.73 Å². The van der Waals surface area contributed by atoms with E-state index in [0.717, 1.165) is 19.4 Å². The van der Waals surface area contributed by atoms with Crippen molar-refractivity contribution in [3.63, 3.8) is 0 Å². The second-order valence-corrected chi connectivity index (χ2v) is 4.10. The standard InChI is InChI=1S/C12H17N3O3/c1-3-4-7-14(2)10-6-5-9(12(13)16)8-11(10)15(17)18/h5-6,8H,3-4,7H2,1-2H3,(H2,13,16). The topological polar surface area (TPSA) is 89.5 Å². The molecule has 6 nitrogen and oxygen atoms in total. The molecule has 0 aromatic heterocycles. The van der Waals surface area contributed by atoms with Gasteiger partial charge in [-0.2, -0.15) is 0 Å². The number of nitrogens with zero attached hydrogens (tertiary/aromatic N) is 2. The average Bonchev–Trinajstić information content (AvgIpc) is 2.34. The van der Waals surface area contributed by atoms with Gasteiger partial charge in [-0.3, -0.25) is 14.9 Å². The Balaban J connectivity index is 3.11. The summed E-state index contributed by atoms with van der Waals surface area (Å²) in [5.74, 6) is -0.666. The lowest BCUT2D eigenvalue weighted by Crippen LogP contribution is -2.20. The smallest absolute Gasteiger partial charge is 0.293 e. The highest BCUT2D eigenvalue weighted by Crippen LogP contribution is 2.28. The van der Waals surface area contributed by atoms with Crippen molar-refractivity contribution >= 4 is 17.3 Å². The van der Waals surface area contributed by atoms with Crippen molar-refractivity contribution in [2.75, 3.05) is 18.5 Å². The molecule has 1 aromatic rings. The Morgan fingerprint density at radius 2 is 2.17 bits per heavy atom. The number of nitrogens with two attached hydrogens (primary N) is 1. The monoisotopic (exact) mass is 251 g/mol. The molecule has 1 rings (SSSR count). The maximum Gasteiger partial charge on any atom is 0.293 e. The molecule has 0 aliphatic rings. The Labute approximate surface area is 106 Å². The average molecular weight is 251 g/mol. The van der Waals surface area contributed by atoms with Crippen LogP contribution in [0.1, 0.15) is 30.1 Å². The van der Waals surface area contributed by atoms with Crippen LogP contribution in [0, 0.1) is 10.1 Å². The van der Waals surface area contributed by atoms with Gasteiger partial charge in [0.1, 0.15) is 5.69 Å². The van der Waals surface area contributed by atoms with Crippen LogP contribution in [0.2, 0.25) is 0 Å². The fraction of sp³-hybridized carbons (Fsp3) is 0.417. The highest BCUT2D eigenvalue weighted by molar-refractivity contribution is 5.94. The minimum atomic E-state index is -0.666. The molecule has 18 heavy (non-hydrogen) atoms. The minimum Gasteiger partial charge on any atom is -0.369 e. The third-order valence-corrected chi connectivity index (χ3v) is 2.71. The molecular formula is C12H17N3O3. The quantitative estimate of drug-likeness (QED) is 0.618. The van der Waals surface area contributed by atoms with Crippen LogP contribution in [0.5, 0.6) is 0 Å². The van der Waals surface area contributed by atoms with E-state index in [-0.39, 0.29) is 11.3 Å². The van der Waals surface area contributed by atoms with Crippen molar-refractivity contribution < 1.29 is 9.72 Å². The molecule has 98 valence electrons. The highest BCUT2D eigenvalue weighted by atomic mass is 16.6. The Morgan fingerprint density at radius 1 is 1.50 bits per heavy atom. The first kappa shape index (κ1) is 14.0.